The quantitative estimate of drug-likeness (QED) is 0.437. The summed E-state index contributed by atoms with van der Waals surface area (Å²) in [6, 6.07) is 5.12. The predicted molar refractivity (Wildman–Crippen MR) is 112 cm³/mol. The monoisotopic (exact) mass is 467 g/mol. The molecule has 0 radical (unpaired) electrons. The molecule has 174 valence electrons. The van der Waals surface area contributed by atoms with E-state index in [4.69, 9.17) is 8.85 Å². The van der Waals surface area contributed by atoms with Gasteiger partial charge in [-0.15, -0.1) is 10.2 Å². The van der Waals surface area contributed by atoms with Crippen LogP contribution in [0.1, 0.15) is 4.11 Å². The Kier molecular flexibility index (Phi) is 4.27. The minimum Gasteiger partial charge on any atom is -0.479 e. The van der Waals surface area contributed by atoms with Crippen LogP contribution in [-0.4, -0.2) is 80.1 Å². The number of likely N-dealkylation sites (N-methyl/N-ethyl adjacent to an activating group) is 1. The number of alkyl halides is 4. The SMILES string of the molecule is [2H]C([2H])([2H])Oc1nc(N[C@@H]2CN(C)CC2(F)F)nn2ccc(-c3ccc4nnn(CC(F)F)c4c3)c12. The number of halogens is 4. The van der Waals surface area contributed by atoms with E-state index in [-0.39, 0.29) is 23.9 Å². The van der Waals surface area contributed by atoms with Crippen LogP contribution in [0.15, 0.2) is 30.5 Å². The van der Waals surface area contributed by atoms with Crippen molar-refractivity contribution in [2.24, 2.45) is 0 Å². The summed E-state index contributed by atoms with van der Waals surface area (Å²) >= 11 is 0. The molecular weight excluding hydrogens is 444 g/mol. The van der Waals surface area contributed by atoms with E-state index in [1.807, 2.05) is 0 Å². The molecule has 9 nitrogen and oxygen atoms in total. The van der Waals surface area contributed by atoms with Gasteiger partial charge in [0, 0.05) is 18.3 Å². The van der Waals surface area contributed by atoms with Crippen LogP contribution in [0.2, 0.25) is 0 Å². The number of fused-ring (bicyclic) bond motifs is 2. The first-order valence-corrected chi connectivity index (χ1v) is 9.93. The van der Waals surface area contributed by atoms with E-state index in [0.29, 0.717) is 22.2 Å². The zero-order chi connectivity index (χ0) is 25.8. The molecule has 1 aliphatic rings. The standard InChI is InChI=1S/C20H20F4N8O/c1-30-8-15(20(23,24)10-30)25-19-26-18(33-2)17-12(5-6-31(17)28-19)11-3-4-13-14(7-11)32(29-27-13)9-16(21)22/h3-7,15-16H,8-10H2,1-2H3,(H,25,28)/t15-/m1/s1/i2D3. The molecule has 1 atom stereocenters. The molecular formula is C20H20F4N8O. The average Bonchev–Trinajstić information content (AvgIpc) is 3.42. The fraction of sp³-hybridized carbons (Fsp3) is 0.400. The normalized spacial score (nSPS) is 20.3. The maximum atomic E-state index is 14.3. The van der Waals surface area contributed by atoms with E-state index < -0.39 is 38.5 Å². The zero-order valence-corrected chi connectivity index (χ0v) is 17.2. The summed E-state index contributed by atoms with van der Waals surface area (Å²) in [5, 5.41) is 14.4. The number of aromatic nitrogens is 6. The molecule has 33 heavy (non-hydrogen) atoms. The second kappa shape index (κ2) is 7.83. The fourth-order valence-corrected chi connectivity index (χ4v) is 4.04. The Morgan fingerprint density at radius 1 is 1.33 bits per heavy atom. The molecule has 0 unspecified atom stereocenters. The molecule has 0 spiro atoms. The third kappa shape index (κ3) is 3.81. The highest BCUT2D eigenvalue weighted by molar-refractivity contribution is 5.89. The highest BCUT2D eigenvalue weighted by Crippen LogP contribution is 2.34. The Labute approximate surface area is 189 Å². The zero-order valence-electron chi connectivity index (χ0n) is 20.2. The molecule has 1 saturated heterocycles. The smallest absolute Gasteiger partial charge is 0.281 e. The molecule has 0 aliphatic carbocycles. The van der Waals surface area contributed by atoms with E-state index >= 15 is 0 Å². The van der Waals surface area contributed by atoms with E-state index in [1.54, 1.807) is 31.3 Å². The lowest BCUT2D eigenvalue weighted by molar-refractivity contribution is 0.00582. The van der Waals surface area contributed by atoms with Gasteiger partial charge in [0.05, 0.1) is 23.2 Å². The minimum absolute atomic E-state index is 0.0289. The number of hydrogen-bond donors (Lipinski definition) is 1. The Morgan fingerprint density at radius 2 is 2.18 bits per heavy atom. The fourth-order valence-electron chi connectivity index (χ4n) is 4.04. The number of nitrogens with zero attached hydrogens (tertiary/aromatic N) is 7. The molecule has 1 N–H and O–H groups in total. The van der Waals surface area contributed by atoms with Gasteiger partial charge in [0.25, 0.3) is 12.3 Å². The van der Waals surface area contributed by atoms with Gasteiger partial charge in [-0.2, -0.15) is 4.98 Å². The number of hydrogen-bond acceptors (Lipinski definition) is 7. The molecule has 5 rings (SSSR count). The lowest BCUT2D eigenvalue weighted by Crippen LogP contribution is -2.38. The molecule has 0 saturated carbocycles. The lowest BCUT2D eigenvalue weighted by atomic mass is 10.1. The van der Waals surface area contributed by atoms with Crippen LogP contribution in [0.5, 0.6) is 5.88 Å². The summed E-state index contributed by atoms with van der Waals surface area (Å²) in [6.45, 7) is -1.07. The van der Waals surface area contributed by atoms with Crippen LogP contribution >= 0.6 is 0 Å². The summed E-state index contributed by atoms with van der Waals surface area (Å²) in [5.41, 5.74) is 1.83. The van der Waals surface area contributed by atoms with Gasteiger partial charge in [-0.05, 0) is 30.8 Å². The van der Waals surface area contributed by atoms with Crippen molar-refractivity contribution in [3.05, 3.63) is 30.5 Å². The Hall–Kier alpha value is -3.48. The molecule has 1 fully saturated rings. The van der Waals surface area contributed by atoms with E-state index in [2.05, 4.69) is 25.7 Å². The third-order valence-corrected chi connectivity index (χ3v) is 5.50. The van der Waals surface area contributed by atoms with Crippen LogP contribution in [0.3, 0.4) is 0 Å². The molecule has 4 aromatic rings. The van der Waals surface area contributed by atoms with Crippen molar-refractivity contribution >= 4 is 22.5 Å². The first-order valence-electron chi connectivity index (χ1n) is 11.4. The van der Waals surface area contributed by atoms with Crippen molar-refractivity contribution in [2.45, 2.75) is 24.9 Å². The molecule has 0 amide bonds. The maximum Gasteiger partial charge on any atom is 0.281 e. The number of benzene rings is 1. The summed E-state index contributed by atoms with van der Waals surface area (Å²) in [5.74, 6) is -3.65. The highest BCUT2D eigenvalue weighted by Gasteiger charge is 2.47. The molecule has 1 aromatic carbocycles. The van der Waals surface area contributed by atoms with Crippen molar-refractivity contribution in [3.63, 3.8) is 0 Å². The number of rotatable bonds is 6. The highest BCUT2D eigenvalue weighted by atomic mass is 19.3. The third-order valence-electron chi connectivity index (χ3n) is 5.50. The number of ether oxygens (including phenoxy) is 1. The van der Waals surface area contributed by atoms with Crippen molar-refractivity contribution in [2.75, 3.05) is 32.5 Å². The summed E-state index contributed by atoms with van der Waals surface area (Å²) in [6.07, 6.45) is -1.15. The number of nitrogens with one attached hydrogen (secondary N) is 1. The van der Waals surface area contributed by atoms with Crippen LogP contribution < -0.4 is 10.1 Å². The van der Waals surface area contributed by atoms with Crippen molar-refractivity contribution in [1.29, 1.82) is 0 Å². The average molecular weight is 467 g/mol. The first kappa shape index (κ1) is 18.0. The van der Waals surface area contributed by atoms with Crippen LogP contribution in [-0.2, 0) is 6.54 Å². The Balaban J connectivity index is 1.59. The van der Waals surface area contributed by atoms with Crippen LogP contribution in [0, 0.1) is 0 Å². The van der Waals surface area contributed by atoms with E-state index in [0.717, 1.165) is 4.68 Å². The molecule has 4 heterocycles. The second-order valence-electron chi connectivity index (χ2n) is 7.89. The summed E-state index contributed by atoms with van der Waals surface area (Å²) in [7, 11) is -1.34. The van der Waals surface area contributed by atoms with Gasteiger partial charge in [0.15, 0.2) is 0 Å². The molecule has 13 heteroatoms. The second-order valence-corrected chi connectivity index (χ2v) is 7.89. The molecule has 0 bridgehead atoms. The number of methoxy groups -OCH3 is 1. The molecule has 1 aliphatic heterocycles. The molecule has 3 aromatic heterocycles. The largest absolute Gasteiger partial charge is 0.479 e. The van der Waals surface area contributed by atoms with Gasteiger partial charge in [-0.25, -0.2) is 26.8 Å². The number of likely N-dealkylation sites (tertiary alicyclic amines) is 1. The van der Waals surface area contributed by atoms with E-state index in [9.17, 15) is 17.6 Å². The minimum atomic E-state index is -3.05. The van der Waals surface area contributed by atoms with Crippen LogP contribution in [0.4, 0.5) is 23.5 Å². The Morgan fingerprint density at radius 3 is 2.91 bits per heavy atom. The van der Waals surface area contributed by atoms with Crippen molar-refractivity contribution < 1.29 is 26.4 Å². The van der Waals surface area contributed by atoms with Gasteiger partial charge in [-0.1, -0.05) is 11.3 Å². The van der Waals surface area contributed by atoms with Crippen LogP contribution in [0.25, 0.3) is 27.7 Å². The number of anilines is 1. The topological polar surface area (TPSA) is 85.4 Å². The van der Waals surface area contributed by atoms with Crippen molar-refractivity contribution in [1.82, 2.24) is 34.5 Å². The first-order chi connectivity index (χ1) is 16.9. The summed E-state index contributed by atoms with van der Waals surface area (Å²) < 4.78 is 84.6. The van der Waals surface area contributed by atoms with Gasteiger partial charge >= 0.3 is 0 Å². The Bertz CT molecular complexity index is 1420. The maximum absolute atomic E-state index is 14.3. The predicted octanol–water partition coefficient (Wildman–Crippen LogP) is 2.78. The van der Waals surface area contributed by atoms with Crippen molar-refractivity contribution in [3.8, 4) is 17.0 Å². The van der Waals surface area contributed by atoms with Gasteiger partial charge < -0.3 is 10.1 Å². The summed E-state index contributed by atoms with van der Waals surface area (Å²) in [4.78, 5) is 5.55. The van der Waals surface area contributed by atoms with Gasteiger partial charge in [-0.3, -0.25) is 4.90 Å². The van der Waals surface area contributed by atoms with Gasteiger partial charge in [0.1, 0.15) is 23.6 Å². The lowest BCUT2D eigenvalue weighted by Gasteiger charge is -2.19. The van der Waals surface area contributed by atoms with Gasteiger partial charge in [0.2, 0.25) is 11.8 Å². The van der Waals surface area contributed by atoms with E-state index in [1.165, 1.54) is 15.6 Å².